The van der Waals surface area contributed by atoms with Crippen molar-refractivity contribution in [3.05, 3.63) is 29.6 Å². The fraction of sp³-hybridized carbons (Fsp3) is 0.438. The van der Waals surface area contributed by atoms with E-state index in [9.17, 15) is 22.8 Å². The predicted octanol–water partition coefficient (Wildman–Crippen LogP) is 2.32. The molecule has 1 aliphatic heterocycles. The number of H-pyrrole nitrogens is 1. The molecule has 1 aromatic heterocycles. The summed E-state index contributed by atoms with van der Waals surface area (Å²) in [6.45, 7) is 2.71. The van der Waals surface area contributed by atoms with Crippen LogP contribution in [0.15, 0.2) is 18.2 Å². The van der Waals surface area contributed by atoms with Gasteiger partial charge in [-0.1, -0.05) is 6.92 Å². The smallest absolute Gasteiger partial charge is 0.354 e. The lowest BCUT2D eigenvalue weighted by Crippen LogP contribution is -2.46. The Labute approximate surface area is 141 Å². The minimum atomic E-state index is -4.58. The first-order chi connectivity index (χ1) is 11.8. The van der Waals surface area contributed by atoms with Crippen LogP contribution in [0.3, 0.4) is 0 Å². The fourth-order valence-electron chi connectivity index (χ4n) is 2.97. The number of aromatic amines is 1. The molecule has 0 bridgehead atoms. The van der Waals surface area contributed by atoms with E-state index in [1.165, 1.54) is 23.1 Å². The van der Waals surface area contributed by atoms with E-state index < -0.39 is 18.0 Å². The van der Waals surface area contributed by atoms with Crippen LogP contribution in [0.4, 0.5) is 13.2 Å². The lowest BCUT2D eigenvalue weighted by molar-refractivity contribution is -0.144. The summed E-state index contributed by atoms with van der Waals surface area (Å²) in [5.74, 6) is -1.70. The minimum absolute atomic E-state index is 0.129. The summed E-state index contributed by atoms with van der Waals surface area (Å²) in [5, 5.41) is 2.76. The van der Waals surface area contributed by atoms with Crippen molar-refractivity contribution in [2.75, 3.05) is 13.1 Å². The van der Waals surface area contributed by atoms with Crippen LogP contribution < -0.4 is 5.32 Å². The first-order valence-electron chi connectivity index (χ1n) is 7.97. The maximum absolute atomic E-state index is 12.8. The second-order valence-electron chi connectivity index (χ2n) is 5.88. The van der Waals surface area contributed by atoms with Gasteiger partial charge in [-0.2, -0.15) is 13.2 Å². The third-order valence-electron chi connectivity index (χ3n) is 4.20. The molecule has 6 nitrogen and oxygen atoms in total. The topological polar surface area (TPSA) is 78.1 Å². The third kappa shape index (κ3) is 3.31. The van der Waals surface area contributed by atoms with Gasteiger partial charge in [-0.25, -0.2) is 4.98 Å². The van der Waals surface area contributed by atoms with E-state index in [2.05, 4.69) is 15.3 Å². The SMILES string of the molecule is CCC1C(=O)NCCCN1C(=O)c1ccc2nc(C(F)(F)F)[nH]c2c1. The van der Waals surface area contributed by atoms with E-state index >= 15 is 0 Å². The highest BCUT2D eigenvalue weighted by Crippen LogP contribution is 2.29. The molecule has 1 saturated heterocycles. The highest BCUT2D eigenvalue weighted by molar-refractivity contribution is 6.00. The summed E-state index contributed by atoms with van der Waals surface area (Å²) >= 11 is 0. The maximum atomic E-state index is 12.8. The normalized spacial score (nSPS) is 19.0. The van der Waals surface area contributed by atoms with Crippen molar-refractivity contribution in [1.29, 1.82) is 0 Å². The molecule has 2 amide bonds. The number of imidazole rings is 1. The molecule has 1 aliphatic rings. The van der Waals surface area contributed by atoms with Crippen LogP contribution in [0.2, 0.25) is 0 Å². The molecule has 0 radical (unpaired) electrons. The molecule has 2 aromatic rings. The van der Waals surface area contributed by atoms with Crippen molar-refractivity contribution in [2.45, 2.75) is 32.0 Å². The maximum Gasteiger partial charge on any atom is 0.449 e. The van der Waals surface area contributed by atoms with Crippen LogP contribution in [0, 0.1) is 0 Å². The average Bonchev–Trinajstić information content (AvgIpc) is 2.91. The van der Waals surface area contributed by atoms with Crippen molar-refractivity contribution in [2.24, 2.45) is 0 Å². The Bertz CT molecular complexity index is 815. The van der Waals surface area contributed by atoms with E-state index in [1.807, 2.05) is 6.92 Å². The number of aromatic nitrogens is 2. The molecule has 3 rings (SSSR count). The number of alkyl halides is 3. The number of nitrogens with one attached hydrogen (secondary N) is 2. The Balaban J connectivity index is 1.94. The molecule has 9 heteroatoms. The Morgan fingerprint density at radius 2 is 2.16 bits per heavy atom. The van der Waals surface area contributed by atoms with E-state index in [0.717, 1.165) is 0 Å². The van der Waals surface area contributed by atoms with Crippen LogP contribution in [0.1, 0.15) is 35.9 Å². The molecule has 2 N–H and O–H groups in total. The molecule has 1 fully saturated rings. The molecular formula is C16H17F3N4O2. The number of carbonyl (C=O) groups excluding carboxylic acids is 2. The van der Waals surface area contributed by atoms with Gasteiger partial charge in [0.25, 0.3) is 5.91 Å². The van der Waals surface area contributed by atoms with Gasteiger partial charge in [0.15, 0.2) is 0 Å². The summed E-state index contributed by atoms with van der Waals surface area (Å²) in [5.41, 5.74) is 0.480. The predicted molar refractivity (Wildman–Crippen MR) is 83.8 cm³/mol. The quantitative estimate of drug-likeness (QED) is 0.869. The van der Waals surface area contributed by atoms with Gasteiger partial charge >= 0.3 is 6.18 Å². The van der Waals surface area contributed by atoms with E-state index in [1.54, 1.807) is 0 Å². The second-order valence-corrected chi connectivity index (χ2v) is 5.88. The number of hydrogen-bond acceptors (Lipinski definition) is 3. The van der Waals surface area contributed by atoms with Crippen LogP contribution >= 0.6 is 0 Å². The standard InChI is InChI=1S/C16H17F3N4O2/c1-2-12-13(24)20-6-3-7-23(12)14(25)9-4-5-10-11(8-9)22-15(21-10)16(17,18)19/h4-5,8,12H,2-3,6-7H2,1H3,(H,20,24)(H,21,22). The lowest BCUT2D eigenvalue weighted by atomic mass is 10.1. The molecule has 0 aliphatic carbocycles. The van der Waals surface area contributed by atoms with Gasteiger partial charge in [0.2, 0.25) is 11.7 Å². The molecule has 2 heterocycles. The van der Waals surface area contributed by atoms with Crippen LogP contribution in [0.25, 0.3) is 11.0 Å². The highest BCUT2D eigenvalue weighted by Gasteiger charge is 2.35. The Morgan fingerprint density at radius 1 is 1.40 bits per heavy atom. The molecular weight excluding hydrogens is 337 g/mol. The largest absolute Gasteiger partial charge is 0.449 e. The summed E-state index contributed by atoms with van der Waals surface area (Å²) < 4.78 is 38.2. The molecule has 1 unspecified atom stereocenters. The van der Waals surface area contributed by atoms with Crippen molar-refractivity contribution in [1.82, 2.24) is 20.2 Å². The van der Waals surface area contributed by atoms with Crippen LogP contribution in [-0.4, -0.2) is 45.8 Å². The first kappa shape index (κ1) is 17.2. The van der Waals surface area contributed by atoms with Crippen molar-refractivity contribution < 1.29 is 22.8 Å². The van der Waals surface area contributed by atoms with Crippen molar-refractivity contribution in [3.63, 3.8) is 0 Å². The monoisotopic (exact) mass is 354 g/mol. The summed E-state index contributed by atoms with van der Waals surface area (Å²) in [7, 11) is 0. The number of benzene rings is 1. The van der Waals surface area contributed by atoms with Gasteiger partial charge in [-0.3, -0.25) is 9.59 Å². The molecule has 1 atom stereocenters. The van der Waals surface area contributed by atoms with Crippen molar-refractivity contribution >= 4 is 22.8 Å². The molecule has 134 valence electrons. The zero-order valence-corrected chi connectivity index (χ0v) is 13.5. The summed E-state index contributed by atoms with van der Waals surface area (Å²) in [4.78, 5) is 32.0. The lowest BCUT2D eigenvalue weighted by Gasteiger charge is -2.27. The number of carbonyl (C=O) groups is 2. The fourth-order valence-corrected chi connectivity index (χ4v) is 2.97. The molecule has 1 aromatic carbocycles. The molecule has 0 saturated carbocycles. The number of nitrogens with zero attached hydrogens (tertiary/aromatic N) is 2. The van der Waals surface area contributed by atoms with E-state index in [-0.39, 0.29) is 28.4 Å². The van der Waals surface area contributed by atoms with Gasteiger partial charge in [0.05, 0.1) is 11.0 Å². The summed E-state index contributed by atoms with van der Waals surface area (Å²) in [6, 6.07) is 3.56. The average molecular weight is 354 g/mol. The van der Waals surface area contributed by atoms with Crippen molar-refractivity contribution in [3.8, 4) is 0 Å². The zero-order chi connectivity index (χ0) is 18.2. The second kappa shape index (κ2) is 6.38. The van der Waals surface area contributed by atoms with Gasteiger partial charge in [-0.05, 0) is 31.0 Å². The zero-order valence-electron chi connectivity index (χ0n) is 13.5. The van der Waals surface area contributed by atoms with Gasteiger partial charge < -0.3 is 15.2 Å². The number of amides is 2. The Kier molecular flexibility index (Phi) is 4.40. The third-order valence-corrected chi connectivity index (χ3v) is 4.20. The van der Waals surface area contributed by atoms with E-state index in [0.29, 0.717) is 25.9 Å². The highest BCUT2D eigenvalue weighted by atomic mass is 19.4. The van der Waals surface area contributed by atoms with Gasteiger partial charge in [0, 0.05) is 18.7 Å². The number of hydrogen-bond donors (Lipinski definition) is 2. The van der Waals surface area contributed by atoms with Gasteiger partial charge in [-0.15, -0.1) is 0 Å². The Morgan fingerprint density at radius 3 is 2.84 bits per heavy atom. The minimum Gasteiger partial charge on any atom is -0.354 e. The first-order valence-corrected chi connectivity index (χ1v) is 7.97. The Hall–Kier alpha value is -2.58. The van der Waals surface area contributed by atoms with Crippen LogP contribution in [0.5, 0.6) is 0 Å². The number of rotatable bonds is 2. The number of halogens is 3. The number of fused-ring (bicyclic) bond motifs is 1. The van der Waals surface area contributed by atoms with Gasteiger partial charge in [0.1, 0.15) is 6.04 Å². The van der Waals surface area contributed by atoms with Crippen LogP contribution in [-0.2, 0) is 11.0 Å². The summed E-state index contributed by atoms with van der Waals surface area (Å²) in [6.07, 6.45) is -3.50. The molecule has 0 spiro atoms. The van der Waals surface area contributed by atoms with E-state index in [4.69, 9.17) is 0 Å². The molecule has 25 heavy (non-hydrogen) atoms.